The highest BCUT2D eigenvalue weighted by Crippen LogP contribution is 2.30. The zero-order valence-corrected chi connectivity index (χ0v) is 22.4. The van der Waals surface area contributed by atoms with E-state index in [4.69, 9.17) is 5.39 Å². The Bertz CT molecular complexity index is 810. The summed E-state index contributed by atoms with van der Waals surface area (Å²) in [7, 11) is -4.15. The van der Waals surface area contributed by atoms with Gasteiger partial charge in [0.2, 0.25) is 5.39 Å². The van der Waals surface area contributed by atoms with Gasteiger partial charge >= 0.3 is 5.69 Å². The Morgan fingerprint density at radius 2 is 1.18 bits per heavy atom. The van der Waals surface area contributed by atoms with Crippen LogP contribution >= 0.6 is 0 Å². The van der Waals surface area contributed by atoms with Crippen molar-refractivity contribution in [2.45, 2.75) is 140 Å². The van der Waals surface area contributed by atoms with Gasteiger partial charge in [0.15, 0.2) is 15.7 Å². The van der Waals surface area contributed by atoms with Crippen LogP contribution in [0.5, 0.6) is 0 Å². The van der Waals surface area contributed by atoms with E-state index in [0.717, 1.165) is 44.9 Å². The number of sulfonamides is 1. The third-order valence-corrected chi connectivity index (χ3v) is 7.99. The molecule has 1 rings (SSSR count). The van der Waals surface area contributed by atoms with Crippen LogP contribution in [0.4, 0.5) is 10.1 Å². The molecule has 0 aromatic heterocycles. The molecule has 0 aliphatic carbocycles. The van der Waals surface area contributed by atoms with Gasteiger partial charge in [-0.1, -0.05) is 116 Å². The molecule has 7 heteroatoms. The monoisotopic (exact) mass is 496 g/mol. The van der Waals surface area contributed by atoms with Crippen molar-refractivity contribution in [1.82, 2.24) is 4.72 Å². The van der Waals surface area contributed by atoms with E-state index in [1.54, 1.807) is 6.07 Å². The zero-order valence-electron chi connectivity index (χ0n) is 21.5. The Hall–Kier alpha value is -1.52. The van der Waals surface area contributed by atoms with Crippen LogP contribution in [0.1, 0.15) is 129 Å². The molecule has 5 nitrogen and oxygen atoms in total. The summed E-state index contributed by atoms with van der Waals surface area (Å²) in [5.41, 5.74) is -0.0880. The smallest absolute Gasteiger partial charge is 0.226 e. The maximum atomic E-state index is 15.9. The minimum Gasteiger partial charge on any atom is -0.226 e. The third-order valence-electron chi connectivity index (χ3n) is 6.43. The van der Waals surface area contributed by atoms with Gasteiger partial charge in [0.25, 0.3) is 10.0 Å². The first-order valence-corrected chi connectivity index (χ1v) is 15.0. The fraction of sp³-hybridized carbons (Fsp3) is 0.778. The quantitative estimate of drug-likeness (QED) is 0.105. The molecule has 1 aromatic rings. The van der Waals surface area contributed by atoms with Crippen LogP contribution in [0.15, 0.2) is 29.2 Å². The molecule has 0 aliphatic heterocycles. The average molecular weight is 497 g/mol. The summed E-state index contributed by atoms with van der Waals surface area (Å²) in [6.07, 6.45) is 17.9. The number of unbranched alkanes of at least 4 members (excludes halogenated alkanes) is 14. The van der Waals surface area contributed by atoms with Gasteiger partial charge in [-0.05, 0) is 31.7 Å². The molecule has 0 saturated carbocycles. The number of diazo groups is 1. The van der Waals surface area contributed by atoms with Gasteiger partial charge < -0.3 is 0 Å². The molecule has 0 amide bonds. The normalized spacial score (nSPS) is 13.5. The number of nitrogens with one attached hydrogen (secondary N) is 1. The van der Waals surface area contributed by atoms with Crippen LogP contribution in [0.25, 0.3) is 4.98 Å². The van der Waals surface area contributed by atoms with Crippen molar-refractivity contribution in [1.29, 1.82) is 5.39 Å². The number of halogens is 1. The molecule has 1 unspecified atom stereocenters. The van der Waals surface area contributed by atoms with E-state index in [-0.39, 0.29) is 23.4 Å². The van der Waals surface area contributed by atoms with Gasteiger partial charge in [0.1, 0.15) is 0 Å². The van der Waals surface area contributed by atoms with Crippen molar-refractivity contribution in [3.05, 3.63) is 29.2 Å². The molecular weight excluding hydrogens is 449 g/mol. The van der Waals surface area contributed by atoms with Crippen LogP contribution in [-0.2, 0) is 10.0 Å². The largest absolute Gasteiger partial charge is 0.404 e. The van der Waals surface area contributed by atoms with E-state index < -0.39 is 15.8 Å². The average Bonchev–Trinajstić information content (AvgIpc) is 2.82. The third kappa shape index (κ3) is 12.8. The molecule has 0 fully saturated rings. The minimum atomic E-state index is -4.15. The van der Waals surface area contributed by atoms with E-state index in [1.165, 1.54) is 63.1 Å². The molecule has 0 heterocycles. The van der Waals surface area contributed by atoms with E-state index >= 15 is 4.39 Å². The highest BCUT2D eigenvalue weighted by atomic mass is 32.2. The molecular formula is C27H47FN3O2S+. The fourth-order valence-electron chi connectivity index (χ4n) is 4.37. The number of benzene rings is 1. The van der Waals surface area contributed by atoms with Gasteiger partial charge in [0.05, 0.1) is 0 Å². The predicted octanol–water partition coefficient (Wildman–Crippen LogP) is 9.18. The van der Waals surface area contributed by atoms with Crippen LogP contribution in [0, 0.1) is 5.39 Å². The van der Waals surface area contributed by atoms with Crippen molar-refractivity contribution in [2.24, 2.45) is 0 Å². The summed E-state index contributed by atoms with van der Waals surface area (Å²) >= 11 is 0. The summed E-state index contributed by atoms with van der Waals surface area (Å²) in [6, 6.07) is 5.85. The van der Waals surface area contributed by atoms with Gasteiger partial charge in [-0.15, -0.1) is 0 Å². The molecule has 0 bridgehead atoms. The number of nitrogens with zero attached hydrogens (tertiary/aromatic N) is 2. The molecule has 194 valence electrons. The summed E-state index contributed by atoms with van der Waals surface area (Å²) in [5.74, 6) is -1.99. The lowest BCUT2D eigenvalue weighted by atomic mass is 9.98. The Balaban J connectivity index is 2.57. The molecule has 1 N–H and O–H groups in total. The van der Waals surface area contributed by atoms with Gasteiger partial charge in [-0.2, -0.15) is 4.72 Å². The topological polar surface area (TPSA) is 74.3 Å². The lowest BCUT2D eigenvalue weighted by Gasteiger charge is -2.26. The second kappa shape index (κ2) is 17.8. The van der Waals surface area contributed by atoms with Crippen LogP contribution < -0.4 is 4.72 Å². The molecule has 0 saturated heterocycles. The zero-order chi connectivity index (χ0) is 25.1. The first-order chi connectivity index (χ1) is 16.4. The molecule has 0 radical (unpaired) electrons. The first-order valence-electron chi connectivity index (χ1n) is 13.6. The van der Waals surface area contributed by atoms with Crippen LogP contribution in [-0.4, -0.2) is 14.2 Å². The molecule has 0 spiro atoms. The summed E-state index contributed by atoms with van der Waals surface area (Å²) in [5, 5.41) is 9.16. The number of alkyl halides is 1. The van der Waals surface area contributed by atoms with Crippen LogP contribution in [0.3, 0.4) is 0 Å². The van der Waals surface area contributed by atoms with Crippen molar-refractivity contribution >= 4 is 15.7 Å². The fourth-order valence-corrected chi connectivity index (χ4v) is 5.81. The number of hydrogen-bond acceptors (Lipinski definition) is 3. The summed E-state index contributed by atoms with van der Waals surface area (Å²) < 4.78 is 44.1. The molecule has 1 aromatic carbocycles. The maximum absolute atomic E-state index is 15.9. The number of hydrogen-bond donors (Lipinski definition) is 1. The Labute approximate surface area is 208 Å². The highest BCUT2D eigenvalue weighted by molar-refractivity contribution is 7.89. The molecule has 1 atom stereocenters. The van der Waals surface area contributed by atoms with Gasteiger partial charge in [-0.3, -0.25) is 0 Å². The lowest BCUT2D eigenvalue weighted by Crippen LogP contribution is -2.44. The molecule has 0 aliphatic rings. The predicted molar refractivity (Wildman–Crippen MR) is 140 cm³/mol. The van der Waals surface area contributed by atoms with E-state index in [1.807, 2.05) is 0 Å². The Kier molecular flexibility index (Phi) is 16.0. The van der Waals surface area contributed by atoms with Crippen molar-refractivity contribution in [3.63, 3.8) is 0 Å². The van der Waals surface area contributed by atoms with Crippen molar-refractivity contribution < 1.29 is 12.8 Å². The number of rotatable bonds is 21. The standard InChI is InChI=1S/C27H47FN3O2S/c1-3-5-7-9-10-11-12-13-14-16-20-24-27(28,23-19-15-8-6-4-2)31-34(32,33)26-22-18-17-21-25(26)30-29/h17-18,21-22,31H,3-16,19-20,23-24H2,1-2H3/q+1. The second-order valence-electron chi connectivity index (χ2n) is 9.59. The minimum absolute atomic E-state index is 0.0880. The Morgan fingerprint density at radius 3 is 1.62 bits per heavy atom. The summed E-state index contributed by atoms with van der Waals surface area (Å²) in [6.45, 7) is 4.36. The Morgan fingerprint density at radius 1 is 0.765 bits per heavy atom. The van der Waals surface area contributed by atoms with Crippen molar-refractivity contribution in [3.8, 4) is 0 Å². The second-order valence-corrected chi connectivity index (χ2v) is 11.2. The lowest BCUT2D eigenvalue weighted by molar-refractivity contribution is 0.114. The van der Waals surface area contributed by atoms with E-state index in [9.17, 15) is 8.42 Å². The van der Waals surface area contributed by atoms with E-state index in [0.29, 0.717) is 12.8 Å². The molecule has 34 heavy (non-hydrogen) atoms. The van der Waals surface area contributed by atoms with Crippen molar-refractivity contribution in [2.75, 3.05) is 0 Å². The summed E-state index contributed by atoms with van der Waals surface area (Å²) in [4.78, 5) is 2.85. The SMILES string of the molecule is CCCCCCCCCCCCCC(F)(CCCCCCC)NS(=O)(=O)c1ccccc1[N+]#N. The first kappa shape index (κ1) is 30.5. The highest BCUT2D eigenvalue weighted by Gasteiger charge is 2.37. The maximum Gasteiger partial charge on any atom is 0.404 e. The van der Waals surface area contributed by atoms with E-state index in [2.05, 4.69) is 23.5 Å². The van der Waals surface area contributed by atoms with Gasteiger partial charge in [0, 0.05) is 6.07 Å². The van der Waals surface area contributed by atoms with Crippen LogP contribution in [0.2, 0.25) is 0 Å². The van der Waals surface area contributed by atoms with Gasteiger partial charge in [-0.25, -0.2) is 12.8 Å².